The first-order valence-corrected chi connectivity index (χ1v) is 10.5. The molecule has 1 aromatic heterocycles. The second-order valence-electron chi connectivity index (χ2n) is 7.24. The number of carbonyl (C=O) groups is 1. The van der Waals surface area contributed by atoms with Crippen molar-refractivity contribution < 1.29 is 18.0 Å². The lowest BCUT2D eigenvalue weighted by molar-refractivity contribution is -0.114. The Bertz CT molecular complexity index is 978. The summed E-state index contributed by atoms with van der Waals surface area (Å²) in [4.78, 5) is 19.4. The highest BCUT2D eigenvalue weighted by atomic mass is 32.1. The van der Waals surface area contributed by atoms with E-state index in [0.717, 1.165) is 46.7 Å². The fraction of sp³-hybridized carbons (Fsp3) is 0.450. The van der Waals surface area contributed by atoms with Crippen molar-refractivity contribution in [2.24, 2.45) is 5.10 Å². The number of halogens is 3. The summed E-state index contributed by atoms with van der Waals surface area (Å²) in [5.74, 6) is -0.769. The third kappa shape index (κ3) is 3.52. The molecule has 9 heteroatoms. The van der Waals surface area contributed by atoms with Crippen LogP contribution in [0.2, 0.25) is 0 Å². The number of piperidine rings is 1. The van der Waals surface area contributed by atoms with E-state index in [9.17, 15) is 18.0 Å². The standard InChI is InChI=1S/C20H21F3N4OS/c1-3-13-8-6-7-11-26(13)12(2)16-17(20(21,22)23)25-27(18(16)28)19-24-14-9-4-5-10-15(14)29-19/h4-5,9-10,13H,3,6-8,11H2,1-2H3/b16-12-/t13-/m0/s1. The minimum Gasteiger partial charge on any atom is -0.371 e. The third-order valence-electron chi connectivity index (χ3n) is 5.47. The summed E-state index contributed by atoms with van der Waals surface area (Å²) < 4.78 is 42.2. The van der Waals surface area contributed by atoms with Gasteiger partial charge in [-0.05, 0) is 44.7 Å². The maximum absolute atomic E-state index is 13.8. The second kappa shape index (κ2) is 7.44. The highest BCUT2D eigenvalue weighted by Gasteiger charge is 2.49. The summed E-state index contributed by atoms with van der Waals surface area (Å²) in [5, 5.41) is 4.64. The van der Waals surface area contributed by atoms with Gasteiger partial charge in [-0.25, -0.2) is 4.98 Å². The van der Waals surface area contributed by atoms with Crippen LogP contribution in [0.3, 0.4) is 0 Å². The van der Waals surface area contributed by atoms with Crippen LogP contribution in [0.25, 0.3) is 10.2 Å². The van der Waals surface area contributed by atoms with Crippen LogP contribution in [0.4, 0.5) is 18.3 Å². The number of amides is 1. The van der Waals surface area contributed by atoms with Crippen molar-refractivity contribution in [3.8, 4) is 0 Å². The predicted molar refractivity (Wildman–Crippen MR) is 108 cm³/mol. The van der Waals surface area contributed by atoms with E-state index in [2.05, 4.69) is 10.1 Å². The van der Waals surface area contributed by atoms with Gasteiger partial charge in [0.25, 0.3) is 5.91 Å². The summed E-state index contributed by atoms with van der Waals surface area (Å²) in [6.07, 6.45) is -1.05. The number of fused-ring (bicyclic) bond motifs is 1. The zero-order valence-corrected chi connectivity index (χ0v) is 17.0. The Morgan fingerprint density at radius 2 is 2.03 bits per heavy atom. The number of anilines is 1. The van der Waals surface area contributed by atoms with Gasteiger partial charge in [-0.1, -0.05) is 30.4 Å². The zero-order valence-electron chi connectivity index (χ0n) is 16.2. The van der Waals surface area contributed by atoms with Crippen LogP contribution < -0.4 is 5.01 Å². The fourth-order valence-electron chi connectivity index (χ4n) is 4.02. The number of nitrogens with zero attached hydrogens (tertiary/aromatic N) is 4. The number of alkyl halides is 3. The molecule has 0 spiro atoms. The summed E-state index contributed by atoms with van der Waals surface area (Å²) in [6.45, 7) is 4.27. The molecular weight excluding hydrogens is 401 g/mol. The minimum atomic E-state index is -4.73. The van der Waals surface area contributed by atoms with E-state index >= 15 is 0 Å². The van der Waals surface area contributed by atoms with Gasteiger partial charge in [-0.3, -0.25) is 4.79 Å². The summed E-state index contributed by atoms with van der Waals surface area (Å²) in [6, 6.07) is 7.31. The molecule has 1 amide bonds. The quantitative estimate of drug-likeness (QED) is 0.647. The molecule has 0 N–H and O–H groups in total. The van der Waals surface area contributed by atoms with Crippen LogP contribution in [0, 0.1) is 0 Å². The molecule has 0 aliphatic carbocycles. The van der Waals surface area contributed by atoms with Gasteiger partial charge in [-0.15, -0.1) is 0 Å². The van der Waals surface area contributed by atoms with Gasteiger partial charge in [-0.2, -0.15) is 23.3 Å². The van der Waals surface area contributed by atoms with Gasteiger partial charge in [0.2, 0.25) is 5.13 Å². The van der Waals surface area contributed by atoms with Crippen LogP contribution >= 0.6 is 11.3 Å². The maximum atomic E-state index is 13.8. The molecule has 1 fully saturated rings. The van der Waals surface area contributed by atoms with Crippen LogP contribution in [0.15, 0.2) is 40.6 Å². The number of hydrogen-bond acceptors (Lipinski definition) is 5. The Morgan fingerprint density at radius 1 is 1.28 bits per heavy atom. The van der Waals surface area contributed by atoms with E-state index in [1.807, 2.05) is 24.0 Å². The van der Waals surface area contributed by atoms with Crippen molar-refractivity contribution in [1.29, 1.82) is 0 Å². The Morgan fingerprint density at radius 3 is 2.72 bits per heavy atom. The van der Waals surface area contributed by atoms with Crippen molar-refractivity contribution >= 4 is 38.3 Å². The average molecular weight is 422 g/mol. The van der Waals surface area contributed by atoms with E-state index in [0.29, 0.717) is 17.8 Å². The van der Waals surface area contributed by atoms with E-state index < -0.39 is 17.8 Å². The summed E-state index contributed by atoms with van der Waals surface area (Å²) >= 11 is 1.15. The lowest BCUT2D eigenvalue weighted by Gasteiger charge is -2.38. The molecule has 2 aromatic rings. The molecule has 2 aliphatic heterocycles. The monoisotopic (exact) mass is 422 g/mol. The largest absolute Gasteiger partial charge is 0.436 e. The SMILES string of the molecule is CC[C@H]1CCCCN1/C(C)=C1\C(=O)N(c2nc3ccccc3s2)N=C1C(F)(F)F. The Labute approximate surface area is 170 Å². The number of allylic oxidation sites excluding steroid dienone is 1. The summed E-state index contributed by atoms with van der Waals surface area (Å²) in [5.41, 5.74) is -0.529. The topological polar surface area (TPSA) is 48.8 Å². The zero-order chi connectivity index (χ0) is 20.8. The molecule has 0 unspecified atom stereocenters. The minimum absolute atomic E-state index is 0.134. The number of aromatic nitrogens is 1. The Hall–Kier alpha value is -2.42. The van der Waals surface area contributed by atoms with Crippen molar-refractivity contribution in [1.82, 2.24) is 9.88 Å². The molecule has 1 aromatic carbocycles. The van der Waals surface area contributed by atoms with Crippen LogP contribution in [-0.4, -0.2) is 40.3 Å². The van der Waals surface area contributed by atoms with Crippen LogP contribution in [0.1, 0.15) is 39.5 Å². The third-order valence-corrected chi connectivity index (χ3v) is 6.48. The van der Waals surface area contributed by atoms with Crippen molar-refractivity contribution in [3.63, 3.8) is 0 Å². The molecule has 2 aliphatic rings. The first kappa shape index (κ1) is 19.9. The number of likely N-dealkylation sites (tertiary alicyclic amines) is 1. The van der Waals surface area contributed by atoms with Gasteiger partial charge >= 0.3 is 6.18 Å². The van der Waals surface area contributed by atoms with Crippen molar-refractivity contribution in [2.45, 2.75) is 51.7 Å². The normalized spacial score (nSPS) is 22.4. The number of hydrazone groups is 1. The average Bonchev–Trinajstić information content (AvgIpc) is 3.28. The molecule has 0 bridgehead atoms. The van der Waals surface area contributed by atoms with Crippen molar-refractivity contribution in [2.75, 3.05) is 11.6 Å². The van der Waals surface area contributed by atoms with E-state index in [4.69, 9.17) is 0 Å². The lowest BCUT2D eigenvalue weighted by atomic mass is 9.97. The molecule has 1 atom stereocenters. The van der Waals surface area contributed by atoms with Gasteiger partial charge in [0.05, 0.1) is 15.8 Å². The highest BCUT2D eigenvalue weighted by molar-refractivity contribution is 7.22. The molecule has 0 radical (unpaired) electrons. The first-order valence-electron chi connectivity index (χ1n) is 9.65. The molecule has 154 valence electrons. The fourth-order valence-corrected chi connectivity index (χ4v) is 4.93. The van der Waals surface area contributed by atoms with Gasteiger partial charge in [0.15, 0.2) is 5.71 Å². The van der Waals surface area contributed by atoms with Gasteiger partial charge in [0, 0.05) is 18.3 Å². The van der Waals surface area contributed by atoms with Gasteiger partial charge < -0.3 is 4.90 Å². The maximum Gasteiger partial charge on any atom is 0.436 e. The number of hydrogen-bond donors (Lipinski definition) is 0. The lowest BCUT2D eigenvalue weighted by Crippen LogP contribution is -2.40. The second-order valence-corrected chi connectivity index (χ2v) is 8.25. The van der Waals surface area contributed by atoms with Crippen molar-refractivity contribution in [3.05, 3.63) is 35.5 Å². The van der Waals surface area contributed by atoms with E-state index in [1.54, 1.807) is 19.1 Å². The number of thiazole rings is 1. The van der Waals surface area contributed by atoms with Crippen LogP contribution in [0.5, 0.6) is 0 Å². The number of benzene rings is 1. The Kier molecular flexibility index (Phi) is 5.10. The molecular formula is C20H21F3N4OS. The molecule has 3 heterocycles. The highest BCUT2D eigenvalue weighted by Crippen LogP contribution is 2.38. The van der Waals surface area contributed by atoms with Gasteiger partial charge in [0.1, 0.15) is 0 Å². The number of rotatable bonds is 3. The molecule has 4 rings (SSSR count). The Balaban J connectivity index is 1.79. The van der Waals surface area contributed by atoms with E-state index in [1.165, 1.54) is 0 Å². The predicted octanol–water partition coefficient (Wildman–Crippen LogP) is 5.10. The molecule has 0 saturated carbocycles. The van der Waals surface area contributed by atoms with Crippen LogP contribution in [-0.2, 0) is 4.79 Å². The molecule has 5 nitrogen and oxygen atoms in total. The smallest absolute Gasteiger partial charge is 0.371 e. The first-order chi connectivity index (χ1) is 13.8. The number of para-hydroxylation sites is 1. The molecule has 1 saturated heterocycles. The summed E-state index contributed by atoms with van der Waals surface area (Å²) in [7, 11) is 0. The van der Waals surface area contributed by atoms with E-state index in [-0.39, 0.29) is 16.7 Å². The molecule has 29 heavy (non-hydrogen) atoms. The number of carbonyl (C=O) groups excluding carboxylic acids is 1.